The summed E-state index contributed by atoms with van der Waals surface area (Å²) in [4.78, 5) is 4.53. The van der Waals surface area contributed by atoms with Crippen molar-refractivity contribution in [3.05, 3.63) is 57.8 Å². The summed E-state index contributed by atoms with van der Waals surface area (Å²) in [6, 6.07) is 13.9. The van der Waals surface area contributed by atoms with E-state index in [-0.39, 0.29) is 5.88 Å². The number of nitrogens with zero attached hydrogens (tertiary/aromatic N) is 3. The molecule has 0 spiro atoms. The lowest BCUT2D eigenvalue weighted by Gasteiger charge is -2.09. The van der Waals surface area contributed by atoms with Crippen LogP contribution in [0.1, 0.15) is 17.0 Å². The number of benzene rings is 2. The van der Waals surface area contributed by atoms with E-state index in [0.29, 0.717) is 11.1 Å². The fourth-order valence-electron chi connectivity index (χ4n) is 2.46. The number of aryl methyl sites for hydroxylation is 1. The summed E-state index contributed by atoms with van der Waals surface area (Å²) in [7, 11) is 0. The summed E-state index contributed by atoms with van der Waals surface area (Å²) in [6.07, 6.45) is 0. The van der Waals surface area contributed by atoms with Crippen molar-refractivity contribution < 1.29 is 0 Å². The van der Waals surface area contributed by atoms with Crippen molar-refractivity contribution in [2.45, 2.75) is 12.8 Å². The summed E-state index contributed by atoms with van der Waals surface area (Å²) < 4.78 is 3.00. The molecule has 3 aromatic rings. The molecule has 0 aliphatic carbocycles. The molecule has 0 saturated carbocycles. The van der Waals surface area contributed by atoms with E-state index < -0.39 is 0 Å². The number of imidazole rings is 1. The molecule has 21 heavy (non-hydrogen) atoms. The van der Waals surface area contributed by atoms with E-state index in [9.17, 15) is 5.26 Å². The van der Waals surface area contributed by atoms with Crippen LogP contribution in [0.2, 0.25) is 0 Å². The molecule has 1 heterocycles. The maximum atomic E-state index is 9.23. The van der Waals surface area contributed by atoms with E-state index in [0.717, 1.165) is 27.1 Å². The summed E-state index contributed by atoms with van der Waals surface area (Å²) in [5.74, 6) is 1.01. The molecule has 0 atom stereocenters. The number of hydrogen-bond acceptors (Lipinski definition) is 2. The number of aromatic nitrogens is 2. The minimum absolute atomic E-state index is 0.283. The Hall–Kier alpha value is -1.83. The largest absolute Gasteiger partial charge is 0.295 e. The first kappa shape index (κ1) is 14.1. The molecule has 3 nitrogen and oxygen atoms in total. The van der Waals surface area contributed by atoms with Gasteiger partial charge >= 0.3 is 0 Å². The molecule has 0 saturated heterocycles. The van der Waals surface area contributed by atoms with Gasteiger partial charge in [-0.2, -0.15) is 5.26 Å². The van der Waals surface area contributed by atoms with Gasteiger partial charge in [-0.3, -0.25) is 4.57 Å². The Morgan fingerprint density at radius 1 is 1.33 bits per heavy atom. The van der Waals surface area contributed by atoms with Crippen LogP contribution in [0.3, 0.4) is 0 Å². The molecular formula is C16H11BrClN3. The summed E-state index contributed by atoms with van der Waals surface area (Å²) in [5.41, 5.74) is 4.26. The predicted octanol–water partition coefficient (Wildman–Crippen LogP) is 4.71. The van der Waals surface area contributed by atoms with Gasteiger partial charge in [-0.05, 0) is 42.8 Å². The molecule has 0 aliphatic rings. The van der Waals surface area contributed by atoms with Crippen LogP contribution >= 0.6 is 27.5 Å². The topological polar surface area (TPSA) is 41.6 Å². The van der Waals surface area contributed by atoms with Crippen LogP contribution in [0.4, 0.5) is 0 Å². The average molecular weight is 361 g/mol. The van der Waals surface area contributed by atoms with Gasteiger partial charge in [0.1, 0.15) is 17.4 Å². The maximum absolute atomic E-state index is 9.23. The molecule has 0 unspecified atom stereocenters. The number of para-hydroxylation sites is 1. The molecule has 5 heteroatoms. The van der Waals surface area contributed by atoms with Crippen LogP contribution in [-0.2, 0) is 5.88 Å². The van der Waals surface area contributed by atoms with Crippen molar-refractivity contribution in [2.24, 2.45) is 0 Å². The molecule has 0 aliphatic heterocycles. The Balaban J connectivity index is 2.38. The SMILES string of the molecule is Cc1cc(Br)cc(-n2c(CCl)nc3c(C#N)cccc32)c1. The van der Waals surface area contributed by atoms with Gasteiger partial charge in [0.15, 0.2) is 0 Å². The third-order valence-electron chi connectivity index (χ3n) is 3.28. The highest BCUT2D eigenvalue weighted by molar-refractivity contribution is 9.10. The van der Waals surface area contributed by atoms with Crippen LogP contribution in [0.15, 0.2) is 40.9 Å². The van der Waals surface area contributed by atoms with E-state index >= 15 is 0 Å². The van der Waals surface area contributed by atoms with Crippen molar-refractivity contribution in [2.75, 3.05) is 0 Å². The number of alkyl halides is 1. The molecule has 0 fully saturated rings. The van der Waals surface area contributed by atoms with Crippen LogP contribution in [0, 0.1) is 18.3 Å². The van der Waals surface area contributed by atoms with Crippen molar-refractivity contribution in [3.8, 4) is 11.8 Å². The zero-order valence-corrected chi connectivity index (χ0v) is 13.6. The van der Waals surface area contributed by atoms with Crippen molar-refractivity contribution in [3.63, 3.8) is 0 Å². The van der Waals surface area contributed by atoms with Gasteiger partial charge in [0.2, 0.25) is 0 Å². The molecule has 3 rings (SSSR count). The predicted molar refractivity (Wildman–Crippen MR) is 87.8 cm³/mol. The highest BCUT2D eigenvalue weighted by atomic mass is 79.9. The summed E-state index contributed by atoms with van der Waals surface area (Å²) in [6.45, 7) is 2.04. The number of nitriles is 1. The van der Waals surface area contributed by atoms with E-state index in [2.05, 4.69) is 33.0 Å². The lowest BCUT2D eigenvalue weighted by atomic mass is 10.2. The van der Waals surface area contributed by atoms with Gasteiger partial charge in [0, 0.05) is 10.2 Å². The minimum Gasteiger partial charge on any atom is -0.295 e. The van der Waals surface area contributed by atoms with Crippen molar-refractivity contribution in [1.29, 1.82) is 5.26 Å². The number of rotatable bonds is 2. The third-order valence-corrected chi connectivity index (χ3v) is 3.98. The van der Waals surface area contributed by atoms with E-state index in [4.69, 9.17) is 11.6 Å². The van der Waals surface area contributed by atoms with Gasteiger partial charge < -0.3 is 0 Å². The fourth-order valence-corrected chi connectivity index (χ4v) is 3.24. The van der Waals surface area contributed by atoms with Gasteiger partial charge in [0.25, 0.3) is 0 Å². The Labute approximate surface area is 135 Å². The van der Waals surface area contributed by atoms with Crippen LogP contribution in [0.25, 0.3) is 16.7 Å². The van der Waals surface area contributed by atoms with Gasteiger partial charge in [-0.1, -0.05) is 22.0 Å². The fraction of sp³-hybridized carbons (Fsp3) is 0.125. The van der Waals surface area contributed by atoms with Crippen molar-refractivity contribution >= 4 is 38.6 Å². The van der Waals surface area contributed by atoms with E-state index in [1.807, 2.05) is 35.8 Å². The molecule has 0 N–H and O–H groups in total. The number of fused-ring (bicyclic) bond motifs is 1. The Kier molecular flexibility index (Phi) is 3.71. The Morgan fingerprint density at radius 3 is 2.81 bits per heavy atom. The highest BCUT2D eigenvalue weighted by Gasteiger charge is 2.14. The first-order valence-electron chi connectivity index (χ1n) is 6.38. The van der Waals surface area contributed by atoms with Crippen molar-refractivity contribution in [1.82, 2.24) is 9.55 Å². The highest BCUT2D eigenvalue weighted by Crippen LogP contribution is 2.27. The van der Waals surface area contributed by atoms with Crippen LogP contribution in [-0.4, -0.2) is 9.55 Å². The first-order valence-corrected chi connectivity index (χ1v) is 7.71. The molecule has 104 valence electrons. The van der Waals surface area contributed by atoms with E-state index in [1.165, 1.54) is 0 Å². The maximum Gasteiger partial charge on any atom is 0.129 e. The second kappa shape index (κ2) is 5.51. The first-order chi connectivity index (χ1) is 10.1. The molecule has 0 amide bonds. The quantitative estimate of drug-likeness (QED) is 0.621. The van der Waals surface area contributed by atoms with Crippen LogP contribution < -0.4 is 0 Å². The monoisotopic (exact) mass is 359 g/mol. The normalized spacial score (nSPS) is 10.8. The average Bonchev–Trinajstić information content (AvgIpc) is 2.84. The second-order valence-electron chi connectivity index (χ2n) is 4.77. The third kappa shape index (κ3) is 2.44. The number of hydrogen-bond donors (Lipinski definition) is 0. The summed E-state index contributed by atoms with van der Waals surface area (Å²) >= 11 is 9.57. The van der Waals surface area contributed by atoms with Gasteiger partial charge in [0.05, 0.1) is 17.0 Å². The van der Waals surface area contributed by atoms with Gasteiger partial charge in [-0.15, -0.1) is 11.6 Å². The molecular weight excluding hydrogens is 350 g/mol. The zero-order valence-electron chi connectivity index (χ0n) is 11.3. The second-order valence-corrected chi connectivity index (χ2v) is 5.95. The smallest absolute Gasteiger partial charge is 0.129 e. The molecule has 0 radical (unpaired) electrons. The molecule has 2 aromatic carbocycles. The Bertz CT molecular complexity index is 857. The standard InChI is InChI=1S/C16H11BrClN3/c1-10-5-12(17)7-13(6-10)21-14-4-2-3-11(9-19)16(14)20-15(21)8-18/h2-7H,8H2,1H3. The lowest BCUT2D eigenvalue weighted by molar-refractivity contribution is 0.979. The Morgan fingerprint density at radius 2 is 2.14 bits per heavy atom. The van der Waals surface area contributed by atoms with Gasteiger partial charge in [-0.25, -0.2) is 4.98 Å². The van der Waals surface area contributed by atoms with Crippen LogP contribution in [0.5, 0.6) is 0 Å². The summed E-state index contributed by atoms with van der Waals surface area (Å²) in [5, 5.41) is 9.23. The minimum atomic E-state index is 0.283. The number of halogens is 2. The zero-order chi connectivity index (χ0) is 15.0. The van der Waals surface area contributed by atoms with E-state index in [1.54, 1.807) is 6.07 Å². The molecule has 0 bridgehead atoms. The lowest BCUT2D eigenvalue weighted by Crippen LogP contribution is -1.99. The molecule has 1 aromatic heterocycles.